The molecule has 0 atom stereocenters. The van der Waals surface area contributed by atoms with E-state index in [0.717, 1.165) is 11.3 Å². The van der Waals surface area contributed by atoms with Crippen molar-refractivity contribution >= 4 is 57.0 Å². The third-order valence-corrected chi connectivity index (χ3v) is 5.53. The predicted molar refractivity (Wildman–Crippen MR) is 122 cm³/mol. The summed E-state index contributed by atoms with van der Waals surface area (Å²) in [6, 6.07) is 18.2. The maximum atomic E-state index is 13.8. The summed E-state index contributed by atoms with van der Waals surface area (Å²) in [5, 5.41) is 9.51. The first-order chi connectivity index (χ1) is 14.5. The molecular formula is C22H14Cl2FN3OS. The Bertz CT molecular complexity index is 1230. The van der Waals surface area contributed by atoms with Crippen LogP contribution in [0.4, 0.5) is 20.9 Å². The summed E-state index contributed by atoms with van der Waals surface area (Å²) >= 11 is 13.6. The number of carbonyl (C=O) groups excluding carboxylic acids is 1. The number of nitrogens with zero attached hydrogens (tertiary/aromatic N) is 1. The van der Waals surface area contributed by atoms with Crippen molar-refractivity contribution in [3.05, 3.63) is 93.5 Å². The van der Waals surface area contributed by atoms with Crippen LogP contribution in [0.3, 0.4) is 0 Å². The van der Waals surface area contributed by atoms with Gasteiger partial charge in [0, 0.05) is 21.7 Å². The molecule has 8 heteroatoms. The highest BCUT2D eigenvalue weighted by molar-refractivity contribution is 7.14. The van der Waals surface area contributed by atoms with Crippen LogP contribution in [-0.2, 0) is 0 Å². The molecule has 0 saturated carbocycles. The Morgan fingerprint density at radius 3 is 2.67 bits per heavy atom. The van der Waals surface area contributed by atoms with E-state index in [-0.39, 0.29) is 5.56 Å². The predicted octanol–water partition coefficient (Wildman–Crippen LogP) is 7.25. The molecule has 0 radical (unpaired) electrons. The largest absolute Gasteiger partial charge is 0.330 e. The maximum Gasteiger partial charge on any atom is 0.258 e. The van der Waals surface area contributed by atoms with Crippen LogP contribution in [0, 0.1) is 5.82 Å². The second-order valence-corrected chi connectivity index (χ2v) is 8.00. The number of hydrogen-bond acceptors (Lipinski definition) is 4. The van der Waals surface area contributed by atoms with Gasteiger partial charge in [-0.2, -0.15) is 0 Å². The molecule has 0 saturated heterocycles. The Labute approximate surface area is 186 Å². The van der Waals surface area contributed by atoms with Gasteiger partial charge in [-0.3, -0.25) is 4.79 Å². The molecule has 2 N–H and O–H groups in total. The van der Waals surface area contributed by atoms with Gasteiger partial charge in [-0.05, 0) is 42.5 Å². The number of carbonyl (C=O) groups is 1. The van der Waals surface area contributed by atoms with Crippen LogP contribution in [0.25, 0.3) is 11.3 Å². The van der Waals surface area contributed by atoms with Gasteiger partial charge < -0.3 is 10.6 Å². The standard InChI is InChI=1S/C22H14Cl2FN3OS/c23-14-8-9-17(24)19(11-14)27-22-28-20(12-30-22)13-4-3-5-15(10-13)26-21(29)16-6-1-2-7-18(16)25/h1-12H,(H,26,29)(H,27,28). The van der Waals surface area contributed by atoms with E-state index >= 15 is 0 Å². The number of amides is 1. The third-order valence-electron chi connectivity index (χ3n) is 4.21. The van der Waals surface area contributed by atoms with Crippen molar-refractivity contribution < 1.29 is 9.18 Å². The minimum Gasteiger partial charge on any atom is -0.330 e. The molecule has 1 aromatic heterocycles. The summed E-state index contributed by atoms with van der Waals surface area (Å²) in [5.74, 6) is -1.08. The lowest BCUT2D eigenvalue weighted by Gasteiger charge is -2.07. The van der Waals surface area contributed by atoms with E-state index in [1.807, 2.05) is 11.4 Å². The lowest BCUT2D eigenvalue weighted by atomic mass is 10.1. The normalized spacial score (nSPS) is 10.6. The topological polar surface area (TPSA) is 54.0 Å². The van der Waals surface area contributed by atoms with E-state index in [1.165, 1.54) is 29.5 Å². The number of aromatic nitrogens is 1. The molecule has 0 unspecified atom stereocenters. The quantitative estimate of drug-likeness (QED) is 0.331. The Kier molecular flexibility index (Phi) is 5.99. The van der Waals surface area contributed by atoms with E-state index in [1.54, 1.807) is 42.5 Å². The van der Waals surface area contributed by atoms with E-state index < -0.39 is 11.7 Å². The molecule has 0 spiro atoms. The third kappa shape index (κ3) is 4.62. The van der Waals surface area contributed by atoms with Gasteiger partial charge in [0.2, 0.25) is 0 Å². The Morgan fingerprint density at radius 1 is 1.00 bits per heavy atom. The highest BCUT2D eigenvalue weighted by Gasteiger charge is 2.12. The highest BCUT2D eigenvalue weighted by atomic mass is 35.5. The molecule has 0 aliphatic rings. The number of nitrogens with one attached hydrogen (secondary N) is 2. The van der Waals surface area contributed by atoms with Crippen molar-refractivity contribution in [2.24, 2.45) is 0 Å². The smallest absolute Gasteiger partial charge is 0.258 e. The highest BCUT2D eigenvalue weighted by Crippen LogP contribution is 2.32. The van der Waals surface area contributed by atoms with Gasteiger partial charge in [0.05, 0.1) is 22.0 Å². The summed E-state index contributed by atoms with van der Waals surface area (Å²) in [4.78, 5) is 16.9. The number of thiazole rings is 1. The molecule has 0 fully saturated rings. The molecule has 0 aliphatic carbocycles. The van der Waals surface area contributed by atoms with Crippen LogP contribution in [0.1, 0.15) is 10.4 Å². The Balaban J connectivity index is 1.52. The molecular weight excluding hydrogens is 444 g/mol. The number of rotatable bonds is 5. The number of anilines is 3. The average Bonchev–Trinajstić information content (AvgIpc) is 3.20. The van der Waals surface area contributed by atoms with Crippen LogP contribution in [-0.4, -0.2) is 10.9 Å². The van der Waals surface area contributed by atoms with Gasteiger partial charge in [0.1, 0.15) is 5.82 Å². The molecule has 1 heterocycles. The second kappa shape index (κ2) is 8.83. The Morgan fingerprint density at radius 2 is 1.83 bits per heavy atom. The van der Waals surface area contributed by atoms with Gasteiger partial charge in [-0.25, -0.2) is 9.37 Å². The molecule has 4 aromatic rings. The van der Waals surface area contributed by atoms with E-state index in [4.69, 9.17) is 23.2 Å². The van der Waals surface area contributed by atoms with Crippen LogP contribution in [0.15, 0.2) is 72.1 Å². The zero-order valence-corrected chi connectivity index (χ0v) is 17.7. The molecule has 0 bridgehead atoms. The van der Waals surface area contributed by atoms with Crippen LogP contribution < -0.4 is 10.6 Å². The van der Waals surface area contributed by atoms with Crippen molar-refractivity contribution in [3.8, 4) is 11.3 Å². The van der Waals surface area contributed by atoms with Gasteiger partial charge in [0.25, 0.3) is 5.91 Å². The minimum absolute atomic E-state index is 0.0125. The van der Waals surface area contributed by atoms with Crippen LogP contribution in [0.5, 0.6) is 0 Å². The maximum absolute atomic E-state index is 13.8. The fraction of sp³-hybridized carbons (Fsp3) is 0. The van der Waals surface area contributed by atoms with Gasteiger partial charge in [-0.15, -0.1) is 11.3 Å². The first-order valence-electron chi connectivity index (χ1n) is 8.83. The summed E-state index contributed by atoms with van der Waals surface area (Å²) in [7, 11) is 0. The summed E-state index contributed by atoms with van der Waals surface area (Å²) in [6.45, 7) is 0. The molecule has 3 aromatic carbocycles. The zero-order valence-electron chi connectivity index (χ0n) is 15.3. The molecule has 0 aliphatic heterocycles. The van der Waals surface area contributed by atoms with Crippen molar-refractivity contribution in [1.82, 2.24) is 4.98 Å². The number of halogens is 3. The van der Waals surface area contributed by atoms with Crippen LogP contribution in [0.2, 0.25) is 10.0 Å². The fourth-order valence-electron chi connectivity index (χ4n) is 2.77. The molecule has 150 valence electrons. The van der Waals surface area contributed by atoms with Gasteiger partial charge in [-0.1, -0.05) is 47.5 Å². The number of benzene rings is 3. The second-order valence-electron chi connectivity index (χ2n) is 6.30. The first kappa shape index (κ1) is 20.3. The molecule has 30 heavy (non-hydrogen) atoms. The monoisotopic (exact) mass is 457 g/mol. The fourth-order valence-corrected chi connectivity index (χ4v) is 3.84. The lowest BCUT2D eigenvalue weighted by Crippen LogP contribution is -2.13. The SMILES string of the molecule is O=C(Nc1cccc(-c2csc(Nc3cc(Cl)ccc3Cl)n2)c1)c1ccccc1F. The minimum atomic E-state index is -0.568. The van der Waals surface area contributed by atoms with Gasteiger partial charge >= 0.3 is 0 Å². The first-order valence-corrected chi connectivity index (χ1v) is 10.5. The van der Waals surface area contributed by atoms with Gasteiger partial charge in [0.15, 0.2) is 5.13 Å². The summed E-state index contributed by atoms with van der Waals surface area (Å²) < 4.78 is 13.8. The molecule has 1 amide bonds. The summed E-state index contributed by atoms with van der Waals surface area (Å²) in [5.41, 5.74) is 2.73. The lowest BCUT2D eigenvalue weighted by molar-refractivity contribution is 0.102. The van der Waals surface area contributed by atoms with E-state index in [0.29, 0.717) is 26.6 Å². The molecule has 4 rings (SSSR count). The Hall–Kier alpha value is -2.93. The van der Waals surface area contributed by atoms with Crippen molar-refractivity contribution in [2.75, 3.05) is 10.6 Å². The number of hydrogen-bond donors (Lipinski definition) is 2. The van der Waals surface area contributed by atoms with Crippen molar-refractivity contribution in [2.45, 2.75) is 0 Å². The average molecular weight is 458 g/mol. The van der Waals surface area contributed by atoms with Crippen molar-refractivity contribution in [1.29, 1.82) is 0 Å². The van der Waals surface area contributed by atoms with Crippen molar-refractivity contribution in [3.63, 3.8) is 0 Å². The van der Waals surface area contributed by atoms with E-state index in [2.05, 4.69) is 15.6 Å². The van der Waals surface area contributed by atoms with Crippen LogP contribution >= 0.6 is 34.5 Å². The summed E-state index contributed by atoms with van der Waals surface area (Å²) in [6.07, 6.45) is 0. The molecule has 4 nitrogen and oxygen atoms in total. The van der Waals surface area contributed by atoms with E-state index in [9.17, 15) is 9.18 Å². The zero-order chi connectivity index (χ0) is 21.1.